The highest BCUT2D eigenvalue weighted by atomic mass is 32.1. The van der Waals surface area contributed by atoms with Crippen molar-refractivity contribution in [2.24, 2.45) is 0 Å². The lowest BCUT2D eigenvalue weighted by Gasteiger charge is -2.10. The van der Waals surface area contributed by atoms with Crippen molar-refractivity contribution >= 4 is 34.5 Å². The Bertz CT molecular complexity index is 1140. The number of nitrogens with zero attached hydrogens (tertiary/aromatic N) is 1. The van der Waals surface area contributed by atoms with Crippen LogP contribution in [0.15, 0.2) is 54.6 Å². The average molecular weight is 401 g/mol. The number of amides is 2. The molecule has 1 saturated carbocycles. The maximum atomic E-state index is 12.8. The molecule has 2 amide bonds. The molecule has 0 bridgehead atoms. The third-order valence-corrected chi connectivity index (χ3v) is 5.90. The second kappa shape index (κ2) is 7.90. The molecular formula is C23H19N3O2S. The molecule has 0 saturated heterocycles. The number of hydrogen-bond donors (Lipinski definition) is 2. The van der Waals surface area contributed by atoms with Crippen molar-refractivity contribution in [2.75, 3.05) is 5.32 Å². The fourth-order valence-corrected chi connectivity index (χ4v) is 3.90. The molecule has 5 nitrogen and oxygen atoms in total. The van der Waals surface area contributed by atoms with Crippen molar-refractivity contribution in [2.45, 2.75) is 25.8 Å². The van der Waals surface area contributed by atoms with Crippen LogP contribution in [0.2, 0.25) is 0 Å². The van der Waals surface area contributed by atoms with Gasteiger partial charge >= 0.3 is 0 Å². The Kier molecular flexibility index (Phi) is 5.15. The average Bonchev–Trinajstić information content (AvgIpc) is 3.40. The number of carbonyl (C=O) groups excluding carboxylic acids is 2. The van der Waals surface area contributed by atoms with Gasteiger partial charge in [-0.2, -0.15) is 0 Å². The molecule has 29 heavy (non-hydrogen) atoms. The summed E-state index contributed by atoms with van der Waals surface area (Å²) in [4.78, 5) is 30.0. The van der Waals surface area contributed by atoms with Gasteiger partial charge in [-0.15, -0.1) is 11.3 Å². The summed E-state index contributed by atoms with van der Waals surface area (Å²) in [5.74, 6) is -0.346. The van der Waals surface area contributed by atoms with Crippen LogP contribution in [-0.2, 0) is 0 Å². The van der Waals surface area contributed by atoms with Gasteiger partial charge in [-0.1, -0.05) is 30.3 Å². The summed E-state index contributed by atoms with van der Waals surface area (Å²) < 4.78 is 0. The van der Waals surface area contributed by atoms with Crippen LogP contribution in [0, 0.1) is 13.5 Å². The standard InChI is InChI=1S/C23H19N3O2S/c1-14-7-8-15(22(27)25-16-9-10-16)13-19(14)26-23(28)21-12-11-20(29-21)17-5-3-4-6-18(17)24-2/h3-8,11-13,16H,9-10H2,1H3,(H,25,27)(H,26,28). The van der Waals surface area contributed by atoms with Crippen LogP contribution in [-0.4, -0.2) is 17.9 Å². The van der Waals surface area contributed by atoms with E-state index in [9.17, 15) is 9.59 Å². The largest absolute Gasteiger partial charge is 0.349 e. The van der Waals surface area contributed by atoms with E-state index in [0.717, 1.165) is 28.8 Å². The predicted octanol–water partition coefficient (Wildman–Crippen LogP) is 5.42. The summed E-state index contributed by atoms with van der Waals surface area (Å²) in [5, 5.41) is 5.88. The van der Waals surface area contributed by atoms with Gasteiger partial charge in [0.2, 0.25) is 0 Å². The van der Waals surface area contributed by atoms with Gasteiger partial charge in [0, 0.05) is 22.2 Å². The summed E-state index contributed by atoms with van der Waals surface area (Å²) in [6.45, 7) is 9.21. The molecule has 1 aromatic heterocycles. The number of thiophene rings is 1. The van der Waals surface area contributed by atoms with E-state index >= 15 is 0 Å². The molecule has 1 fully saturated rings. The molecule has 144 valence electrons. The van der Waals surface area contributed by atoms with Crippen LogP contribution in [0.1, 0.15) is 38.4 Å². The number of benzene rings is 2. The summed E-state index contributed by atoms with van der Waals surface area (Å²) in [5.41, 5.74) is 3.43. The SMILES string of the molecule is [C-]#[N+]c1ccccc1-c1ccc(C(=O)Nc2cc(C(=O)NC3CC3)ccc2C)s1. The fourth-order valence-electron chi connectivity index (χ4n) is 2.96. The van der Waals surface area contributed by atoms with E-state index in [1.807, 2.05) is 37.3 Å². The van der Waals surface area contributed by atoms with Crippen LogP contribution >= 0.6 is 11.3 Å². The Morgan fingerprint density at radius 1 is 1.07 bits per heavy atom. The lowest BCUT2D eigenvalue weighted by atomic mass is 10.1. The summed E-state index contributed by atoms with van der Waals surface area (Å²) in [7, 11) is 0. The highest BCUT2D eigenvalue weighted by Gasteiger charge is 2.24. The number of para-hydroxylation sites is 1. The van der Waals surface area contributed by atoms with Crippen molar-refractivity contribution in [3.63, 3.8) is 0 Å². The Labute approximate surface area is 173 Å². The Morgan fingerprint density at radius 3 is 2.62 bits per heavy atom. The monoisotopic (exact) mass is 401 g/mol. The zero-order valence-electron chi connectivity index (χ0n) is 15.9. The Balaban J connectivity index is 1.53. The first-order chi connectivity index (χ1) is 14.0. The molecular weight excluding hydrogens is 382 g/mol. The molecule has 1 aliphatic carbocycles. The van der Waals surface area contributed by atoms with Gasteiger partial charge in [-0.3, -0.25) is 9.59 Å². The van der Waals surface area contributed by atoms with E-state index in [2.05, 4.69) is 15.5 Å². The molecule has 0 atom stereocenters. The molecule has 4 rings (SSSR count). The molecule has 0 spiro atoms. The Morgan fingerprint density at radius 2 is 1.86 bits per heavy atom. The molecule has 0 radical (unpaired) electrons. The number of aryl methyl sites for hydroxylation is 1. The predicted molar refractivity (Wildman–Crippen MR) is 116 cm³/mol. The molecule has 2 aromatic carbocycles. The zero-order valence-corrected chi connectivity index (χ0v) is 16.7. The van der Waals surface area contributed by atoms with Gasteiger partial charge in [0.05, 0.1) is 11.4 Å². The van der Waals surface area contributed by atoms with Gasteiger partial charge < -0.3 is 10.6 Å². The highest BCUT2D eigenvalue weighted by Crippen LogP contribution is 2.35. The molecule has 1 aliphatic rings. The lowest BCUT2D eigenvalue weighted by molar-refractivity contribution is 0.0949. The van der Waals surface area contributed by atoms with Crippen LogP contribution in [0.5, 0.6) is 0 Å². The van der Waals surface area contributed by atoms with Crippen molar-refractivity contribution in [3.05, 3.63) is 82.0 Å². The van der Waals surface area contributed by atoms with Crippen molar-refractivity contribution in [3.8, 4) is 10.4 Å². The molecule has 1 heterocycles. The van der Waals surface area contributed by atoms with E-state index in [1.54, 1.807) is 24.3 Å². The van der Waals surface area contributed by atoms with E-state index in [4.69, 9.17) is 6.57 Å². The third-order valence-electron chi connectivity index (χ3n) is 4.78. The highest BCUT2D eigenvalue weighted by molar-refractivity contribution is 7.17. The first-order valence-electron chi connectivity index (χ1n) is 9.34. The summed E-state index contributed by atoms with van der Waals surface area (Å²) in [6.07, 6.45) is 2.05. The summed E-state index contributed by atoms with van der Waals surface area (Å²) in [6, 6.07) is 16.6. The van der Waals surface area contributed by atoms with E-state index in [-0.39, 0.29) is 17.9 Å². The number of nitrogens with one attached hydrogen (secondary N) is 2. The smallest absolute Gasteiger partial charge is 0.265 e. The number of carbonyl (C=O) groups is 2. The van der Waals surface area contributed by atoms with Gasteiger partial charge in [0.25, 0.3) is 11.8 Å². The zero-order chi connectivity index (χ0) is 20.4. The van der Waals surface area contributed by atoms with Crippen LogP contribution in [0.25, 0.3) is 15.3 Å². The minimum absolute atomic E-state index is 0.114. The third kappa shape index (κ3) is 4.20. The molecule has 6 heteroatoms. The van der Waals surface area contributed by atoms with E-state index in [1.165, 1.54) is 11.3 Å². The van der Waals surface area contributed by atoms with E-state index < -0.39 is 0 Å². The summed E-state index contributed by atoms with van der Waals surface area (Å²) >= 11 is 1.34. The van der Waals surface area contributed by atoms with Crippen molar-refractivity contribution in [1.29, 1.82) is 0 Å². The van der Waals surface area contributed by atoms with Crippen LogP contribution in [0.4, 0.5) is 11.4 Å². The second-order valence-electron chi connectivity index (χ2n) is 7.02. The van der Waals surface area contributed by atoms with E-state index in [0.29, 0.717) is 21.8 Å². The van der Waals surface area contributed by atoms with Gasteiger partial charge in [-0.25, -0.2) is 4.85 Å². The van der Waals surface area contributed by atoms with Crippen LogP contribution < -0.4 is 10.6 Å². The van der Waals surface area contributed by atoms with Crippen molar-refractivity contribution in [1.82, 2.24) is 5.32 Å². The van der Waals surface area contributed by atoms with Gasteiger partial charge in [0.1, 0.15) is 0 Å². The van der Waals surface area contributed by atoms with Gasteiger partial charge in [-0.05, 0) is 55.2 Å². The lowest BCUT2D eigenvalue weighted by Crippen LogP contribution is -2.25. The topological polar surface area (TPSA) is 62.6 Å². The number of rotatable bonds is 5. The molecule has 3 aromatic rings. The second-order valence-corrected chi connectivity index (χ2v) is 8.11. The van der Waals surface area contributed by atoms with Crippen LogP contribution in [0.3, 0.4) is 0 Å². The first kappa shape index (κ1) is 18.9. The fraction of sp³-hybridized carbons (Fsp3) is 0.174. The first-order valence-corrected chi connectivity index (χ1v) is 10.2. The Hall–Kier alpha value is -3.43. The van der Waals surface area contributed by atoms with Crippen molar-refractivity contribution < 1.29 is 9.59 Å². The molecule has 0 aliphatic heterocycles. The minimum Gasteiger partial charge on any atom is -0.349 e. The maximum Gasteiger partial charge on any atom is 0.265 e. The maximum absolute atomic E-state index is 12.8. The number of hydrogen-bond acceptors (Lipinski definition) is 3. The molecule has 0 unspecified atom stereocenters. The number of anilines is 1. The normalized spacial score (nSPS) is 12.8. The van der Waals surface area contributed by atoms with Gasteiger partial charge in [0.15, 0.2) is 5.69 Å². The quantitative estimate of drug-likeness (QED) is 0.561. The minimum atomic E-state index is -0.232. The molecule has 2 N–H and O–H groups in total.